The van der Waals surface area contributed by atoms with Crippen LogP contribution in [0.5, 0.6) is 0 Å². The van der Waals surface area contributed by atoms with Crippen molar-refractivity contribution >= 4 is 29.3 Å². The van der Waals surface area contributed by atoms with Crippen LogP contribution in [0.15, 0.2) is 58.9 Å². The zero-order valence-corrected chi connectivity index (χ0v) is 21.5. The van der Waals surface area contributed by atoms with Crippen LogP contribution in [0.2, 0.25) is 0 Å². The van der Waals surface area contributed by atoms with Crippen molar-refractivity contribution in [3.63, 3.8) is 0 Å². The van der Waals surface area contributed by atoms with Crippen LogP contribution in [0.3, 0.4) is 0 Å². The van der Waals surface area contributed by atoms with Gasteiger partial charge in [-0.05, 0) is 81.6 Å². The van der Waals surface area contributed by atoms with Crippen LogP contribution < -0.4 is 21.3 Å². The number of nitrogens with one attached hydrogen (secondary N) is 2. The number of nitrogens with zero attached hydrogens (tertiary/aromatic N) is 3. The fraction of sp³-hybridized carbons (Fsp3) is 0.379. The molecule has 4 N–H and O–H groups in total. The van der Waals surface area contributed by atoms with Gasteiger partial charge in [0, 0.05) is 36.1 Å². The number of rotatable bonds is 5. The molecule has 3 heterocycles. The average Bonchev–Trinajstić information content (AvgIpc) is 3.02. The Morgan fingerprint density at radius 3 is 2.69 bits per heavy atom. The summed E-state index contributed by atoms with van der Waals surface area (Å²) in [6.07, 6.45) is 8.96. The van der Waals surface area contributed by atoms with Crippen molar-refractivity contribution in [2.75, 3.05) is 30.4 Å². The van der Waals surface area contributed by atoms with Crippen molar-refractivity contribution in [2.24, 2.45) is 10.7 Å². The van der Waals surface area contributed by atoms with Gasteiger partial charge in [-0.1, -0.05) is 30.7 Å². The molecule has 0 radical (unpaired) electrons. The van der Waals surface area contributed by atoms with E-state index < -0.39 is 6.03 Å². The highest BCUT2D eigenvalue weighted by Gasteiger charge is 2.29. The second kappa shape index (κ2) is 10.2. The molecule has 1 atom stereocenters. The Morgan fingerprint density at radius 1 is 1.14 bits per heavy atom. The normalized spacial score (nSPS) is 19.8. The maximum absolute atomic E-state index is 11.8. The molecular formula is C29H36N6O. The standard InChI is InChI=1S/C29H36N6O/c1-19-7-8-20(2)35-27-12-10-22(16-23(27)17-26(28(35)32-19)33-29(30)36)24-11-9-21(15-25(24)31-3)18-34-13-5-4-6-14-34/h8-12,15-17,19,31H,4-7,13-14,18H2,1-3H3,(H3,30,33,36). The third-order valence-electron chi connectivity index (χ3n) is 7.25. The number of hydrogen-bond donors (Lipinski definition) is 3. The van der Waals surface area contributed by atoms with E-state index in [1.165, 1.54) is 37.9 Å². The lowest BCUT2D eigenvalue weighted by Crippen LogP contribution is -2.41. The molecule has 2 aromatic carbocycles. The van der Waals surface area contributed by atoms with E-state index in [1.807, 2.05) is 13.1 Å². The first kappa shape index (κ1) is 24.1. The first-order chi connectivity index (χ1) is 17.4. The molecule has 1 saturated heterocycles. The maximum Gasteiger partial charge on any atom is 0.316 e. The number of amides is 2. The predicted molar refractivity (Wildman–Crippen MR) is 149 cm³/mol. The molecule has 3 aliphatic heterocycles. The number of hydrogen-bond acceptors (Lipinski definition) is 5. The fourth-order valence-electron chi connectivity index (χ4n) is 5.42. The van der Waals surface area contributed by atoms with Crippen molar-refractivity contribution in [1.82, 2.24) is 10.2 Å². The topological polar surface area (TPSA) is 86.0 Å². The summed E-state index contributed by atoms with van der Waals surface area (Å²) in [5.41, 5.74) is 14.0. The van der Waals surface area contributed by atoms with E-state index in [2.05, 4.69) is 76.8 Å². The Kier molecular flexibility index (Phi) is 6.83. The first-order valence-corrected chi connectivity index (χ1v) is 12.9. The maximum atomic E-state index is 11.8. The molecule has 0 spiro atoms. The molecule has 7 heteroatoms. The van der Waals surface area contributed by atoms with E-state index in [4.69, 9.17) is 10.7 Å². The van der Waals surface area contributed by atoms with Gasteiger partial charge in [0.1, 0.15) is 0 Å². The quantitative estimate of drug-likeness (QED) is 0.537. The minimum atomic E-state index is -0.594. The second-order valence-electron chi connectivity index (χ2n) is 10.0. The third-order valence-corrected chi connectivity index (χ3v) is 7.25. The number of benzene rings is 2. The number of amidine groups is 1. The summed E-state index contributed by atoms with van der Waals surface area (Å²) in [4.78, 5) is 21.4. The van der Waals surface area contributed by atoms with Crippen molar-refractivity contribution in [1.29, 1.82) is 0 Å². The van der Waals surface area contributed by atoms with Gasteiger partial charge in [0.25, 0.3) is 0 Å². The van der Waals surface area contributed by atoms with Crippen molar-refractivity contribution in [2.45, 2.75) is 52.1 Å². The molecule has 1 unspecified atom stereocenters. The summed E-state index contributed by atoms with van der Waals surface area (Å²) < 4.78 is 0. The molecule has 7 nitrogen and oxygen atoms in total. The molecule has 36 heavy (non-hydrogen) atoms. The van der Waals surface area contributed by atoms with Gasteiger partial charge in [0.05, 0.1) is 17.4 Å². The van der Waals surface area contributed by atoms with Crippen molar-refractivity contribution in [3.05, 3.63) is 65.0 Å². The Bertz CT molecular complexity index is 1250. The van der Waals surface area contributed by atoms with Gasteiger partial charge in [0.15, 0.2) is 5.84 Å². The van der Waals surface area contributed by atoms with Gasteiger partial charge < -0.3 is 16.4 Å². The highest BCUT2D eigenvalue weighted by atomic mass is 16.2. The summed E-state index contributed by atoms with van der Waals surface area (Å²) in [6.45, 7) is 7.52. The number of carbonyl (C=O) groups is 1. The number of fused-ring (bicyclic) bond motifs is 3. The third kappa shape index (κ3) is 4.88. The largest absolute Gasteiger partial charge is 0.388 e. The molecular weight excluding hydrogens is 448 g/mol. The first-order valence-electron chi connectivity index (χ1n) is 12.9. The summed E-state index contributed by atoms with van der Waals surface area (Å²) in [5, 5.41) is 6.21. The van der Waals surface area contributed by atoms with E-state index in [9.17, 15) is 4.79 Å². The number of nitrogens with two attached hydrogens (primary N) is 1. The number of likely N-dealkylation sites (tertiary alicyclic amines) is 1. The van der Waals surface area contributed by atoms with E-state index in [0.717, 1.165) is 52.6 Å². The lowest BCUT2D eigenvalue weighted by Gasteiger charge is -2.33. The Balaban J connectivity index is 1.53. The summed E-state index contributed by atoms with van der Waals surface area (Å²) in [7, 11) is 1.98. The monoisotopic (exact) mass is 484 g/mol. The average molecular weight is 485 g/mol. The van der Waals surface area contributed by atoms with Crippen molar-refractivity contribution in [3.8, 4) is 11.1 Å². The van der Waals surface area contributed by atoms with Gasteiger partial charge in [-0.25, -0.2) is 4.79 Å². The fourth-order valence-corrected chi connectivity index (χ4v) is 5.42. The number of primary amides is 1. The molecule has 5 rings (SSSR count). The number of aliphatic imine (C=N–C) groups is 1. The van der Waals surface area contributed by atoms with Crippen LogP contribution in [-0.2, 0) is 6.54 Å². The minimum absolute atomic E-state index is 0.112. The molecule has 0 bridgehead atoms. The molecule has 0 aromatic heterocycles. The van der Waals surface area contributed by atoms with Crippen LogP contribution in [0.4, 0.5) is 16.2 Å². The van der Waals surface area contributed by atoms with Gasteiger partial charge >= 0.3 is 6.03 Å². The number of allylic oxidation sites excluding steroid dienone is 1. The molecule has 0 saturated carbocycles. The smallest absolute Gasteiger partial charge is 0.316 e. The van der Waals surface area contributed by atoms with Gasteiger partial charge in [0.2, 0.25) is 0 Å². The zero-order valence-electron chi connectivity index (χ0n) is 21.5. The Labute approximate surface area is 213 Å². The second-order valence-corrected chi connectivity index (χ2v) is 10.0. The van der Waals surface area contributed by atoms with Crippen LogP contribution in [-0.4, -0.2) is 42.9 Å². The van der Waals surface area contributed by atoms with Crippen molar-refractivity contribution < 1.29 is 4.79 Å². The van der Waals surface area contributed by atoms with Gasteiger partial charge in [-0.2, -0.15) is 0 Å². The highest BCUT2D eigenvalue weighted by Crippen LogP contribution is 2.38. The van der Waals surface area contributed by atoms with E-state index in [-0.39, 0.29) is 6.04 Å². The highest BCUT2D eigenvalue weighted by molar-refractivity contribution is 6.19. The number of carbonyl (C=O) groups excluding carboxylic acids is 1. The summed E-state index contributed by atoms with van der Waals surface area (Å²) in [6, 6.07) is 12.7. The number of urea groups is 1. The number of anilines is 2. The van der Waals surface area contributed by atoms with Crippen LogP contribution in [0, 0.1) is 0 Å². The Hall–Kier alpha value is -3.58. The van der Waals surface area contributed by atoms with Gasteiger partial charge in [-0.15, -0.1) is 0 Å². The molecule has 1 fully saturated rings. The molecule has 3 aliphatic rings. The number of piperidine rings is 1. The predicted octanol–water partition coefficient (Wildman–Crippen LogP) is 5.30. The van der Waals surface area contributed by atoms with Gasteiger partial charge in [-0.3, -0.25) is 14.8 Å². The van der Waals surface area contributed by atoms with Crippen LogP contribution in [0.1, 0.15) is 50.7 Å². The SMILES string of the molecule is CNc1cc(CN2CCCCC2)ccc1-c1ccc2c(c1)C=C(NC(N)=O)C1=NC(C)CC=C(C)N12. The Morgan fingerprint density at radius 2 is 1.94 bits per heavy atom. The zero-order chi connectivity index (χ0) is 25.2. The van der Waals surface area contributed by atoms with Crippen LogP contribution in [0.25, 0.3) is 17.2 Å². The lowest BCUT2D eigenvalue weighted by atomic mass is 9.95. The molecule has 2 amide bonds. The molecule has 0 aliphatic carbocycles. The van der Waals surface area contributed by atoms with E-state index in [0.29, 0.717) is 5.70 Å². The van der Waals surface area contributed by atoms with E-state index >= 15 is 0 Å². The molecule has 2 aromatic rings. The summed E-state index contributed by atoms with van der Waals surface area (Å²) >= 11 is 0. The lowest BCUT2D eigenvalue weighted by molar-refractivity contribution is 0.221. The molecule has 188 valence electrons. The van der Waals surface area contributed by atoms with E-state index in [1.54, 1.807) is 0 Å². The minimum Gasteiger partial charge on any atom is -0.388 e. The van der Waals surface area contributed by atoms with Crippen LogP contribution >= 0.6 is 0 Å². The summed E-state index contributed by atoms with van der Waals surface area (Å²) in [5.74, 6) is 0.728.